The number of hydrogen-bond donors (Lipinski definition) is 2. The van der Waals surface area contributed by atoms with E-state index in [0.717, 1.165) is 83.8 Å². The van der Waals surface area contributed by atoms with Gasteiger partial charge in [0.15, 0.2) is 17.0 Å². The average Bonchev–Trinajstić information content (AvgIpc) is 3.85. The van der Waals surface area contributed by atoms with Crippen LogP contribution in [-0.2, 0) is 0 Å². The number of aromatic nitrogens is 4. The molecule has 0 saturated heterocycles. The van der Waals surface area contributed by atoms with Crippen LogP contribution in [-0.4, -0.2) is 25.4 Å². The van der Waals surface area contributed by atoms with Crippen LogP contribution in [0.5, 0.6) is 0 Å². The molecule has 8 heteroatoms. The monoisotopic (exact) mass is 657 g/mol. The van der Waals surface area contributed by atoms with Crippen LogP contribution >= 0.6 is 0 Å². The number of benzene rings is 5. The second-order valence-corrected chi connectivity index (χ2v) is 12.8. The van der Waals surface area contributed by atoms with Crippen molar-refractivity contribution in [2.45, 2.75) is 0 Å². The Kier molecular flexibility index (Phi) is 5.79. The van der Waals surface area contributed by atoms with Crippen LogP contribution in [0.25, 0.3) is 88.5 Å². The van der Waals surface area contributed by atoms with Crippen LogP contribution in [0.2, 0.25) is 0 Å². The van der Waals surface area contributed by atoms with E-state index in [-0.39, 0.29) is 0 Å². The highest BCUT2D eigenvalue weighted by Crippen LogP contribution is 2.42. The minimum absolute atomic E-state index is 0.723. The molecule has 0 amide bonds. The van der Waals surface area contributed by atoms with E-state index in [0.29, 0.717) is 0 Å². The second-order valence-electron chi connectivity index (χ2n) is 12.8. The molecule has 0 saturated carbocycles. The summed E-state index contributed by atoms with van der Waals surface area (Å²) in [4.78, 5) is 14.4. The van der Waals surface area contributed by atoms with E-state index >= 15 is 0 Å². The fourth-order valence-corrected chi connectivity index (χ4v) is 7.61. The van der Waals surface area contributed by atoms with Gasteiger partial charge in [0.25, 0.3) is 0 Å². The van der Waals surface area contributed by atoms with E-state index in [1.807, 2.05) is 30.6 Å². The van der Waals surface area contributed by atoms with Crippen molar-refractivity contribution in [1.82, 2.24) is 24.5 Å². The Hall–Kier alpha value is -7.19. The van der Waals surface area contributed by atoms with Crippen LogP contribution in [0, 0.1) is 0 Å². The lowest BCUT2D eigenvalue weighted by molar-refractivity contribution is 0.665. The topological polar surface area (TPSA) is 85.2 Å². The molecule has 1 aliphatic heterocycles. The van der Waals surface area contributed by atoms with E-state index < -0.39 is 0 Å². The van der Waals surface area contributed by atoms with Gasteiger partial charge in [-0.1, -0.05) is 72.8 Å². The molecule has 0 atom stereocenters. The maximum atomic E-state index is 6.26. The Morgan fingerprint density at radius 1 is 0.490 bits per heavy atom. The summed E-state index contributed by atoms with van der Waals surface area (Å²) in [5.74, 6) is 0.891. The lowest BCUT2D eigenvalue weighted by Gasteiger charge is -2.15. The third kappa shape index (κ3) is 4.17. The summed E-state index contributed by atoms with van der Waals surface area (Å²) in [5.41, 5.74) is 18.0. The largest absolute Gasteiger partial charge is 0.453 e. The van der Waals surface area contributed by atoms with Crippen LogP contribution in [0.1, 0.15) is 0 Å². The third-order valence-corrected chi connectivity index (χ3v) is 9.93. The highest BCUT2D eigenvalue weighted by Gasteiger charge is 2.21. The molecule has 0 radical (unpaired) electrons. The molecular formula is C43H27N7O. The Balaban J connectivity index is 1.06. The van der Waals surface area contributed by atoms with Crippen molar-refractivity contribution in [3.63, 3.8) is 0 Å². The van der Waals surface area contributed by atoms with Gasteiger partial charge >= 0.3 is 0 Å². The van der Waals surface area contributed by atoms with Crippen molar-refractivity contribution < 1.29 is 4.42 Å². The Labute approximate surface area is 290 Å². The molecule has 6 heterocycles. The van der Waals surface area contributed by atoms with E-state index in [4.69, 9.17) is 14.4 Å². The molecule has 240 valence electrons. The number of hydrogen-bond acceptors (Lipinski definition) is 6. The summed E-state index contributed by atoms with van der Waals surface area (Å²) in [5, 5.41) is 5.47. The summed E-state index contributed by atoms with van der Waals surface area (Å²) < 4.78 is 10.8. The van der Waals surface area contributed by atoms with Crippen LogP contribution in [0.15, 0.2) is 155 Å². The first kappa shape index (κ1) is 27.7. The molecule has 0 unspecified atom stereocenters. The van der Waals surface area contributed by atoms with Crippen molar-refractivity contribution in [3.05, 3.63) is 146 Å². The minimum atomic E-state index is 0.723. The minimum Gasteiger partial charge on any atom is -0.453 e. The molecule has 5 aromatic carbocycles. The normalized spacial score (nSPS) is 12.5. The van der Waals surface area contributed by atoms with Gasteiger partial charge in [-0.2, -0.15) is 0 Å². The van der Waals surface area contributed by atoms with E-state index in [1.165, 1.54) is 16.3 Å². The fraction of sp³-hybridized carbons (Fsp3) is 0. The maximum Gasteiger partial charge on any atom is 0.157 e. The molecule has 8 nitrogen and oxygen atoms in total. The molecule has 51 heavy (non-hydrogen) atoms. The summed E-state index contributed by atoms with van der Waals surface area (Å²) in [6.07, 6.45) is 5.32. The number of aliphatic imine (C=N–C) groups is 1. The molecular weight excluding hydrogens is 631 g/mol. The van der Waals surface area contributed by atoms with E-state index in [9.17, 15) is 0 Å². The van der Waals surface area contributed by atoms with Gasteiger partial charge in [0, 0.05) is 49.4 Å². The lowest BCUT2D eigenvalue weighted by Crippen LogP contribution is -2.23. The number of para-hydroxylation sites is 3. The molecule has 2 N–H and O–H groups in total. The zero-order valence-electron chi connectivity index (χ0n) is 27.1. The van der Waals surface area contributed by atoms with Crippen LogP contribution in [0.4, 0.5) is 11.5 Å². The number of furan rings is 1. The van der Waals surface area contributed by atoms with E-state index in [2.05, 4.69) is 140 Å². The average molecular weight is 658 g/mol. The SMILES string of the molecule is C1=Nc2c(n(-c3ccccc3)c3cc(-c4cc5c(cn4)oc4cnc(-c6ccc7c8ccccc8n(-c8ccccc8)c7c6)cc45)ccc23)NN1. The van der Waals surface area contributed by atoms with Gasteiger partial charge in [0.2, 0.25) is 0 Å². The highest BCUT2D eigenvalue weighted by molar-refractivity contribution is 6.11. The standard InChI is InChI=1S/C43H27N7O/c1-3-9-28(10-4-1)49-37-14-8-7-13-30(37)31-17-15-26(19-38(31)49)35-21-33-34-22-36(45-24-41(34)51-40(33)23-44-35)27-16-18-32-39(20-27)50(29-11-5-2-6-12-29)43-42(32)46-25-47-48-43/h1-25,48H,(H,46,47). The van der Waals surface area contributed by atoms with Gasteiger partial charge in [-0.25, -0.2) is 4.99 Å². The number of nitrogens with zero attached hydrogens (tertiary/aromatic N) is 5. The van der Waals surface area contributed by atoms with Crippen molar-refractivity contribution in [3.8, 4) is 33.9 Å². The van der Waals surface area contributed by atoms with Gasteiger partial charge < -0.3 is 8.98 Å². The molecule has 0 aliphatic carbocycles. The van der Waals surface area contributed by atoms with Gasteiger partial charge in [0.1, 0.15) is 12.0 Å². The Morgan fingerprint density at radius 2 is 1.06 bits per heavy atom. The number of nitrogens with one attached hydrogen (secondary N) is 2. The molecule has 11 rings (SSSR count). The zero-order valence-corrected chi connectivity index (χ0v) is 27.1. The molecule has 5 aromatic heterocycles. The molecule has 0 spiro atoms. The Bertz CT molecular complexity index is 3030. The molecule has 1 aliphatic rings. The van der Waals surface area contributed by atoms with Crippen molar-refractivity contribution in [2.24, 2.45) is 4.99 Å². The van der Waals surface area contributed by atoms with E-state index in [1.54, 1.807) is 6.34 Å². The first-order chi connectivity index (χ1) is 25.3. The first-order valence-electron chi connectivity index (χ1n) is 16.8. The summed E-state index contributed by atoms with van der Waals surface area (Å²) >= 11 is 0. The first-order valence-corrected chi connectivity index (χ1v) is 16.8. The smallest absolute Gasteiger partial charge is 0.157 e. The number of fused-ring (bicyclic) bond motifs is 9. The van der Waals surface area contributed by atoms with Crippen molar-refractivity contribution in [2.75, 3.05) is 5.43 Å². The van der Waals surface area contributed by atoms with Gasteiger partial charge in [-0.15, -0.1) is 0 Å². The number of pyridine rings is 2. The third-order valence-electron chi connectivity index (χ3n) is 9.93. The maximum absolute atomic E-state index is 6.26. The zero-order chi connectivity index (χ0) is 33.5. The highest BCUT2D eigenvalue weighted by atomic mass is 16.3. The Morgan fingerprint density at radius 3 is 1.75 bits per heavy atom. The number of hydrazine groups is 1. The molecule has 0 fully saturated rings. The summed E-state index contributed by atoms with van der Waals surface area (Å²) in [6, 6.07) is 46.7. The van der Waals surface area contributed by atoms with Gasteiger partial charge in [-0.05, 0) is 60.7 Å². The lowest BCUT2D eigenvalue weighted by atomic mass is 10.0. The number of anilines is 1. The quantitative estimate of drug-likeness (QED) is 0.197. The predicted molar refractivity (Wildman–Crippen MR) is 206 cm³/mol. The van der Waals surface area contributed by atoms with Crippen molar-refractivity contribution in [1.29, 1.82) is 0 Å². The second kappa shape index (κ2) is 10.7. The summed E-state index contributed by atoms with van der Waals surface area (Å²) in [7, 11) is 0. The van der Waals surface area contributed by atoms with Gasteiger partial charge in [-0.3, -0.25) is 25.4 Å². The molecule has 0 bridgehead atoms. The van der Waals surface area contributed by atoms with Crippen LogP contribution in [0.3, 0.4) is 0 Å². The number of rotatable bonds is 4. The van der Waals surface area contributed by atoms with Crippen molar-refractivity contribution >= 4 is 72.5 Å². The molecule has 10 aromatic rings. The van der Waals surface area contributed by atoms with Gasteiger partial charge in [0.05, 0.1) is 40.3 Å². The fourth-order valence-electron chi connectivity index (χ4n) is 7.61. The summed E-state index contributed by atoms with van der Waals surface area (Å²) in [6.45, 7) is 0. The van der Waals surface area contributed by atoms with Crippen LogP contribution < -0.4 is 10.9 Å². The predicted octanol–water partition coefficient (Wildman–Crippen LogP) is 10.3.